The number of rotatable bonds is 0. The van der Waals surface area contributed by atoms with Gasteiger partial charge in [-0.1, -0.05) is 0 Å². The second-order valence-corrected chi connectivity index (χ2v) is 3.44. The van der Waals surface area contributed by atoms with E-state index in [0.717, 1.165) is 21.8 Å². The van der Waals surface area contributed by atoms with Gasteiger partial charge in [0.05, 0.1) is 5.52 Å². The van der Waals surface area contributed by atoms with E-state index < -0.39 is 0 Å². The van der Waals surface area contributed by atoms with Crippen molar-refractivity contribution < 1.29 is 4.39 Å². The Hall–Kier alpha value is -2.10. The summed E-state index contributed by atoms with van der Waals surface area (Å²) in [7, 11) is 0. The van der Waals surface area contributed by atoms with Crippen LogP contribution in [-0.2, 0) is 0 Å². The average molecular weight is 202 g/mol. The van der Waals surface area contributed by atoms with Gasteiger partial charge in [0.25, 0.3) is 0 Å². The van der Waals surface area contributed by atoms with Crippen LogP contribution in [-0.4, -0.2) is 9.97 Å². The third kappa shape index (κ3) is 1.15. The van der Waals surface area contributed by atoms with E-state index in [2.05, 4.69) is 9.97 Å². The highest BCUT2D eigenvalue weighted by atomic mass is 19.1. The van der Waals surface area contributed by atoms with Gasteiger partial charge in [-0.3, -0.25) is 4.79 Å². The Bertz CT molecular complexity index is 711. The molecule has 4 heteroatoms. The summed E-state index contributed by atoms with van der Waals surface area (Å²) in [6.45, 7) is 0. The fourth-order valence-corrected chi connectivity index (χ4v) is 1.79. The highest BCUT2D eigenvalue weighted by molar-refractivity contribution is 6.06. The largest absolute Gasteiger partial charge is 0.353 e. The zero-order valence-corrected chi connectivity index (χ0v) is 7.67. The van der Waals surface area contributed by atoms with Crippen molar-refractivity contribution in [3.05, 3.63) is 46.6 Å². The SMILES string of the molecule is O=c1cc2c(c[nH]1)[nH]c1ccc(F)cc12. The van der Waals surface area contributed by atoms with E-state index in [1.807, 2.05) is 0 Å². The van der Waals surface area contributed by atoms with E-state index >= 15 is 0 Å². The smallest absolute Gasteiger partial charge is 0.248 e. The molecule has 2 N–H and O–H groups in total. The lowest BCUT2D eigenvalue weighted by Crippen LogP contribution is -2.00. The second kappa shape index (κ2) is 2.70. The molecule has 0 saturated heterocycles. The number of nitrogens with one attached hydrogen (secondary N) is 2. The fraction of sp³-hybridized carbons (Fsp3) is 0. The number of pyridine rings is 1. The number of hydrogen-bond donors (Lipinski definition) is 2. The van der Waals surface area contributed by atoms with Crippen molar-refractivity contribution in [1.29, 1.82) is 0 Å². The van der Waals surface area contributed by atoms with Crippen LogP contribution in [0, 0.1) is 5.82 Å². The number of fused-ring (bicyclic) bond motifs is 3. The Kier molecular flexibility index (Phi) is 1.48. The third-order valence-electron chi connectivity index (χ3n) is 2.47. The quantitative estimate of drug-likeness (QED) is 0.576. The minimum atomic E-state index is -0.302. The molecule has 0 atom stereocenters. The summed E-state index contributed by atoms with van der Waals surface area (Å²) in [5, 5.41) is 1.48. The molecule has 0 aliphatic carbocycles. The Labute approximate surface area is 83.6 Å². The lowest BCUT2D eigenvalue weighted by atomic mass is 10.2. The van der Waals surface area contributed by atoms with Gasteiger partial charge >= 0.3 is 0 Å². The Morgan fingerprint density at radius 3 is 2.73 bits per heavy atom. The van der Waals surface area contributed by atoms with Crippen LogP contribution < -0.4 is 5.56 Å². The molecule has 0 bridgehead atoms. The van der Waals surface area contributed by atoms with E-state index in [4.69, 9.17) is 0 Å². The molecule has 0 spiro atoms. The first-order valence-electron chi connectivity index (χ1n) is 4.54. The number of H-pyrrole nitrogens is 2. The summed E-state index contributed by atoms with van der Waals surface area (Å²) in [6, 6.07) is 5.94. The van der Waals surface area contributed by atoms with Crippen LogP contribution in [0.15, 0.2) is 35.3 Å². The molecule has 0 fully saturated rings. The van der Waals surface area contributed by atoms with Gasteiger partial charge in [-0.25, -0.2) is 4.39 Å². The molecule has 15 heavy (non-hydrogen) atoms. The minimum Gasteiger partial charge on any atom is -0.353 e. The number of halogens is 1. The normalized spacial score (nSPS) is 11.3. The van der Waals surface area contributed by atoms with Gasteiger partial charge in [0, 0.05) is 28.6 Å². The van der Waals surface area contributed by atoms with Crippen LogP contribution in [0.4, 0.5) is 4.39 Å². The lowest BCUT2D eigenvalue weighted by molar-refractivity contribution is 0.630. The maximum Gasteiger partial charge on any atom is 0.248 e. The number of aromatic nitrogens is 2. The Balaban J connectivity index is 2.60. The summed E-state index contributed by atoms with van der Waals surface area (Å²) < 4.78 is 13.0. The van der Waals surface area contributed by atoms with Gasteiger partial charge in [0.2, 0.25) is 5.56 Å². The average Bonchev–Trinajstić information content (AvgIpc) is 2.56. The molecule has 1 aromatic carbocycles. The van der Waals surface area contributed by atoms with Crippen molar-refractivity contribution in [3.63, 3.8) is 0 Å². The second-order valence-electron chi connectivity index (χ2n) is 3.44. The van der Waals surface area contributed by atoms with Crippen molar-refractivity contribution in [2.45, 2.75) is 0 Å². The molecule has 0 unspecified atom stereocenters. The van der Waals surface area contributed by atoms with Crippen LogP contribution in [0.25, 0.3) is 21.8 Å². The minimum absolute atomic E-state index is 0.187. The van der Waals surface area contributed by atoms with Crippen LogP contribution in [0.3, 0.4) is 0 Å². The highest BCUT2D eigenvalue weighted by Crippen LogP contribution is 2.23. The monoisotopic (exact) mass is 202 g/mol. The maximum atomic E-state index is 13.0. The van der Waals surface area contributed by atoms with E-state index in [0.29, 0.717) is 0 Å². The molecule has 0 aliphatic rings. The molecule has 0 amide bonds. The van der Waals surface area contributed by atoms with Crippen molar-refractivity contribution in [1.82, 2.24) is 9.97 Å². The molecule has 0 aliphatic heterocycles. The summed E-state index contributed by atoms with van der Waals surface area (Å²) in [6.07, 6.45) is 1.59. The molecule has 2 aromatic heterocycles. The zero-order valence-electron chi connectivity index (χ0n) is 7.67. The van der Waals surface area contributed by atoms with E-state index in [1.54, 1.807) is 12.3 Å². The third-order valence-corrected chi connectivity index (χ3v) is 2.47. The van der Waals surface area contributed by atoms with E-state index in [-0.39, 0.29) is 11.4 Å². The predicted octanol–water partition coefficient (Wildman–Crippen LogP) is 2.15. The lowest BCUT2D eigenvalue weighted by Gasteiger charge is -1.90. The summed E-state index contributed by atoms with van der Waals surface area (Å²) in [5.41, 5.74) is 1.44. The molecule has 2 heterocycles. The first-order chi connectivity index (χ1) is 7.24. The number of hydrogen-bond acceptors (Lipinski definition) is 1. The Morgan fingerprint density at radius 1 is 1.07 bits per heavy atom. The standard InChI is InChI=1S/C11H7FN2O/c12-6-1-2-9-7(3-6)8-4-11(15)13-5-10(8)14-9/h1-5,14H,(H,13,15). The molecule has 74 valence electrons. The van der Waals surface area contributed by atoms with Crippen LogP contribution in [0.2, 0.25) is 0 Å². The molecular weight excluding hydrogens is 195 g/mol. The van der Waals surface area contributed by atoms with Crippen LogP contribution in [0.1, 0.15) is 0 Å². The first kappa shape index (κ1) is 8.23. The highest BCUT2D eigenvalue weighted by Gasteiger charge is 2.05. The van der Waals surface area contributed by atoms with Crippen molar-refractivity contribution in [2.24, 2.45) is 0 Å². The van der Waals surface area contributed by atoms with E-state index in [1.165, 1.54) is 18.2 Å². The van der Waals surface area contributed by atoms with Gasteiger partial charge in [-0.05, 0) is 18.2 Å². The Morgan fingerprint density at radius 2 is 1.87 bits per heavy atom. The van der Waals surface area contributed by atoms with Gasteiger partial charge in [0.1, 0.15) is 5.82 Å². The molecule has 0 radical (unpaired) electrons. The van der Waals surface area contributed by atoms with Crippen molar-refractivity contribution in [2.75, 3.05) is 0 Å². The maximum absolute atomic E-state index is 13.0. The van der Waals surface area contributed by atoms with Gasteiger partial charge in [0.15, 0.2) is 0 Å². The zero-order chi connectivity index (χ0) is 10.4. The summed E-state index contributed by atoms with van der Waals surface area (Å²) >= 11 is 0. The summed E-state index contributed by atoms with van der Waals surface area (Å²) in [5.74, 6) is -0.302. The molecule has 3 rings (SSSR count). The molecule has 3 nitrogen and oxygen atoms in total. The molecule has 3 aromatic rings. The summed E-state index contributed by atoms with van der Waals surface area (Å²) in [4.78, 5) is 16.8. The number of benzene rings is 1. The molecular formula is C11H7FN2O. The fourth-order valence-electron chi connectivity index (χ4n) is 1.79. The first-order valence-corrected chi connectivity index (χ1v) is 4.54. The van der Waals surface area contributed by atoms with E-state index in [9.17, 15) is 9.18 Å². The van der Waals surface area contributed by atoms with Gasteiger partial charge in [-0.2, -0.15) is 0 Å². The van der Waals surface area contributed by atoms with Crippen LogP contribution in [0.5, 0.6) is 0 Å². The topological polar surface area (TPSA) is 48.6 Å². The van der Waals surface area contributed by atoms with Gasteiger partial charge < -0.3 is 9.97 Å². The van der Waals surface area contributed by atoms with Crippen LogP contribution >= 0.6 is 0 Å². The number of aromatic amines is 2. The predicted molar refractivity (Wildman–Crippen MR) is 56.4 cm³/mol. The van der Waals surface area contributed by atoms with Gasteiger partial charge in [-0.15, -0.1) is 0 Å². The molecule has 0 saturated carbocycles. The van der Waals surface area contributed by atoms with Crippen molar-refractivity contribution in [3.8, 4) is 0 Å². The van der Waals surface area contributed by atoms with Crippen molar-refractivity contribution >= 4 is 21.8 Å².